The zero-order valence-electron chi connectivity index (χ0n) is 12.3. The number of nitrogens with two attached hydrogens (primary N) is 1. The maximum Gasteiger partial charge on any atom is 0.255 e. The van der Waals surface area contributed by atoms with Crippen LogP contribution in [-0.2, 0) is 0 Å². The first kappa shape index (κ1) is 14.6. The molecule has 0 radical (unpaired) electrons. The third-order valence-corrected chi connectivity index (χ3v) is 3.53. The van der Waals surface area contributed by atoms with Crippen LogP contribution in [0.5, 0.6) is 0 Å². The minimum Gasteiger partial charge on any atom is -0.463 e. The Morgan fingerprint density at radius 3 is 2.70 bits per heavy atom. The lowest BCUT2D eigenvalue weighted by atomic mass is 9.84. The molecule has 1 heterocycles. The molecule has 1 amide bonds. The molecule has 0 bridgehead atoms. The normalized spacial score (nSPS) is 13.4. The smallest absolute Gasteiger partial charge is 0.255 e. The van der Waals surface area contributed by atoms with Crippen LogP contribution in [-0.4, -0.2) is 18.5 Å². The number of rotatable bonds is 4. The second kappa shape index (κ2) is 5.67. The number of fused-ring (bicyclic) bond motifs is 1. The number of furan rings is 1. The van der Waals surface area contributed by atoms with Crippen LogP contribution in [0.25, 0.3) is 11.0 Å². The molecular formula is C16H22N2O2. The summed E-state index contributed by atoms with van der Waals surface area (Å²) in [7, 11) is 0. The van der Waals surface area contributed by atoms with Crippen LogP contribution in [0.4, 0.5) is 0 Å². The zero-order chi connectivity index (χ0) is 14.8. The summed E-state index contributed by atoms with van der Waals surface area (Å²) in [4.78, 5) is 12.4. The topological polar surface area (TPSA) is 68.3 Å². The van der Waals surface area contributed by atoms with Crippen LogP contribution in [0, 0.1) is 5.41 Å². The third-order valence-electron chi connectivity index (χ3n) is 3.53. The maximum absolute atomic E-state index is 12.4. The van der Waals surface area contributed by atoms with Crippen LogP contribution in [0.1, 0.15) is 37.6 Å². The van der Waals surface area contributed by atoms with Crippen LogP contribution in [0.3, 0.4) is 0 Å². The molecule has 2 aromatic rings. The molecule has 0 saturated carbocycles. The Bertz CT molecular complexity index is 596. The van der Waals surface area contributed by atoms with Crippen molar-refractivity contribution in [3.05, 3.63) is 36.1 Å². The lowest BCUT2D eigenvalue weighted by Gasteiger charge is -2.31. The molecule has 4 heteroatoms. The molecule has 2 rings (SSSR count). The maximum atomic E-state index is 12.4. The molecule has 1 unspecified atom stereocenters. The molecule has 3 N–H and O–H groups in total. The fourth-order valence-corrected chi connectivity index (χ4v) is 2.28. The Hall–Kier alpha value is -1.81. The standard InChI is InChI=1S/C16H22N2O2/c1-16(2,3)14(8-9-17)18-15(19)12-10-20-13-7-5-4-6-11(12)13/h4-7,10,14H,8-9,17H2,1-3H3,(H,18,19). The van der Waals surface area contributed by atoms with Gasteiger partial charge in [0.1, 0.15) is 11.8 Å². The molecule has 0 saturated heterocycles. The monoisotopic (exact) mass is 274 g/mol. The lowest BCUT2D eigenvalue weighted by molar-refractivity contribution is 0.0899. The van der Waals surface area contributed by atoms with Gasteiger partial charge in [-0.1, -0.05) is 39.0 Å². The minimum atomic E-state index is -0.108. The third kappa shape index (κ3) is 3.02. The molecule has 1 aromatic heterocycles. The number of hydrogen-bond acceptors (Lipinski definition) is 3. The molecule has 1 aromatic carbocycles. The van der Waals surface area contributed by atoms with Crippen molar-refractivity contribution in [2.75, 3.05) is 6.54 Å². The first-order valence-corrected chi connectivity index (χ1v) is 6.90. The summed E-state index contributed by atoms with van der Waals surface area (Å²) < 4.78 is 5.41. The predicted octanol–water partition coefficient (Wildman–Crippen LogP) is 2.93. The molecule has 4 nitrogen and oxygen atoms in total. The van der Waals surface area contributed by atoms with E-state index in [4.69, 9.17) is 10.2 Å². The zero-order valence-corrected chi connectivity index (χ0v) is 12.3. The highest BCUT2D eigenvalue weighted by atomic mass is 16.3. The molecule has 0 aliphatic rings. The first-order valence-electron chi connectivity index (χ1n) is 6.90. The van der Waals surface area contributed by atoms with Gasteiger partial charge < -0.3 is 15.5 Å². The van der Waals surface area contributed by atoms with Gasteiger partial charge in [0.25, 0.3) is 5.91 Å². The van der Waals surface area contributed by atoms with Gasteiger partial charge in [-0.25, -0.2) is 0 Å². The van der Waals surface area contributed by atoms with Crippen LogP contribution in [0.15, 0.2) is 34.9 Å². The molecule has 0 aliphatic carbocycles. The number of nitrogens with one attached hydrogen (secondary N) is 1. The van der Waals surface area contributed by atoms with E-state index in [1.54, 1.807) is 0 Å². The van der Waals surface area contributed by atoms with Crippen molar-refractivity contribution in [3.63, 3.8) is 0 Å². The van der Waals surface area contributed by atoms with Crippen molar-refractivity contribution in [2.45, 2.75) is 33.2 Å². The summed E-state index contributed by atoms with van der Waals surface area (Å²) in [6.45, 7) is 6.84. The summed E-state index contributed by atoms with van der Waals surface area (Å²) in [5.41, 5.74) is 6.91. The predicted molar refractivity (Wildman–Crippen MR) is 80.6 cm³/mol. The van der Waals surface area contributed by atoms with Gasteiger partial charge in [0.2, 0.25) is 0 Å². The average molecular weight is 274 g/mol. The van der Waals surface area contributed by atoms with Gasteiger partial charge in [0.15, 0.2) is 0 Å². The van der Waals surface area contributed by atoms with Crippen LogP contribution in [0.2, 0.25) is 0 Å². The van der Waals surface area contributed by atoms with Crippen LogP contribution < -0.4 is 11.1 Å². The van der Waals surface area contributed by atoms with Gasteiger partial charge >= 0.3 is 0 Å². The molecule has 0 aliphatic heterocycles. The van der Waals surface area contributed by atoms with Gasteiger partial charge in [0.05, 0.1) is 5.56 Å². The van der Waals surface area contributed by atoms with E-state index in [-0.39, 0.29) is 17.4 Å². The van der Waals surface area contributed by atoms with E-state index in [1.807, 2.05) is 24.3 Å². The molecule has 0 spiro atoms. The molecule has 1 atom stereocenters. The van der Waals surface area contributed by atoms with E-state index in [0.717, 1.165) is 17.4 Å². The van der Waals surface area contributed by atoms with Crippen molar-refractivity contribution < 1.29 is 9.21 Å². The highest BCUT2D eigenvalue weighted by Crippen LogP contribution is 2.24. The number of hydrogen-bond donors (Lipinski definition) is 2. The van der Waals surface area contributed by atoms with Crippen molar-refractivity contribution in [1.29, 1.82) is 0 Å². The summed E-state index contributed by atoms with van der Waals surface area (Å²) in [6, 6.07) is 7.57. The molecular weight excluding hydrogens is 252 g/mol. The Morgan fingerprint density at radius 2 is 2.05 bits per heavy atom. The van der Waals surface area contributed by atoms with E-state index in [9.17, 15) is 4.79 Å². The number of carbonyl (C=O) groups is 1. The SMILES string of the molecule is CC(C)(C)C(CCN)NC(=O)c1coc2ccccc12. The first-order chi connectivity index (χ1) is 9.43. The number of para-hydroxylation sites is 1. The van der Waals surface area contributed by atoms with E-state index in [1.165, 1.54) is 6.26 Å². The summed E-state index contributed by atoms with van der Waals surface area (Å²) in [5, 5.41) is 3.91. The van der Waals surface area contributed by atoms with Crippen LogP contribution >= 0.6 is 0 Å². The fourth-order valence-electron chi connectivity index (χ4n) is 2.28. The minimum absolute atomic E-state index is 0.0332. The van der Waals surface area contributed by atoms with Crippen molar-refractivity contribution in [1.82, 2.24) is 5.32 Å². The van der Waals surface area contributed by atoms with Gasteiger partial charge in [-0.15, -0.1) is 0 Å². The van der Waals surface area contributed by atoms with Gasteiger partial charge in [-0.05, 0) is 24.4 Å². The lowest BCUT2D eigenvalue weighted by Crippen LogP contribution is -2.44. The van der Waals surface area contributed by atoms with E-state index < -0.39 is 0 Å². The summed E-state index contributed by atoms with van der Waals surface area (Å²) >= 11 is 0. The van der Waals surface area contributed by atoms with Crippen molar-refractivity contribution in [2.24, 2.45) is 11.1 Å². The van der Waals surface area contributed by atoms with Crippen molar-refractivity contribution >= 4 is 16.9 Å². The molecule has 20 heavy (non-hydrogen) atoms. The summed E-state index contributed by atoms with van der Waals surface area (Å²) in [6.07, 6.45) is 2.27. The van der Waals surface area contributed by atoms with Gasteiger partial charge in [0, 0.05) is 11.4 Å². The van der Waals surface area contributed by atoms with Gasteiger partial charge in [-0.2, -0.15) is 0 Å². The van der Waals surface area contributed by atoms with Crippen molar-refractivity contribution in [3.8, 4) is 0 Å². The highest BCUT2D eigenvalue weighted by Gasteiger charge is 2.26. The Labute approximate surface area is 119 Å². The second-order valence-electron chi connectivity index (χ2n) is 6.11. The van der Waals surface area contributed by atoms with E-state index in [2.05, 4.69) is 26.1 Å². The number of carbonyl (C=O) groups excluding carboxylic acids is 1. The molecule has 0 fully saturated rings. The number of amides is 1. The second-order valence-corrected chi connectivity index (χ2v) is 6.11. The number of benzene rings is 1. The van der Waals surface area contributed by atoms with E-state index in [0.29, 0.717) is 12.1 Å². The quantitative estimate of drug-likeness (QED) is 0.900. The Morgan fingerprint density at radius 1 is 1.35 bits per heavy atom. The Balaban J connectivity index is 2.23. The average Bonchev–Trinajstić information content (AvgIpc) is 2.81. The largest absolute Gasteiger partial charge is 0.463 e. The molecule has 108 valence electrons. The summed E-state index contributed by atoms with van der Waals surface area (Å²) in [5.74, 6) is -0.108. The van der Waals surface area contributed by atoms with E-state index >= 15 is 0 Å². The Kier molecular flexibility index (Phi) is 4.14. The highest BCUT2D eigenvalue weighted by molar-refractivity contribution is 6.06. The van der Waals surface area contributed by atoms with Gasteiger partial charge in [-0.3, -0.25) is 4.79 Å². The fraction of sp³-hybridized carbons (Fsp3) is 0.438.